The number of ether oxygens (including phenoxy) is 2. The van der Waals surface area contributed by atoms with Gasteiger partial charge >= 0.3 is 0 Å². The molecule has 3 heterocycles. The van der Waals surface area contributed by atoms with E-state index in [1.807, 2.05) is 19.1 Å². The molecule has 2 aromatic heterocycles. The maximum atomic E-state index is 12.7. The molecule has 0 spiro atoms. The summed E-state index contributed by atoms with van der Waals surface area (Å²) in [5, 5.41) is 7.75. The normalized spacial score (nSPS) is 18.8. The second-order valence-electron chi connectivity index (χ2n) is 7.96. The van der Waals surface area contributed by atoms with Crippen LogP contribution in [0.15, 0.2) is 29.1 Å². The molecule has 32 heavy (non-hydrogen) atoms. The van der Waals surface area contributed by atoms with Gasteiger partial charge in [0.05, 0.1) is 12.3 Å². The van der Waals surface area contributed by atoms with Gasteiger partial charge in [-0.1, -0.05) is 37.6 Å². The van der Waals surface area contributed by atoms with Crippen molar-refractivity contribution < 1.29 is 14.3 Å². The van der Waals surface area contributed by atoms with Crippen LogP contribution in [0.4, 0.5) is 0 Å². The van der Waals surface area contributed by atoms with Gasteiger partial charge in [-0.05, 0) is 13.3 Å². The van der Waals surface area contributed by atoms with Gasteiger partial charge < -0.3 is 19.8 Å². The van der Waals surface area contributed by atoms with Crippen molar-refractivity contribution in [2.75, 3.05) is 19.8 Å². The molecule has 0 bridgehead atoms. The Morgan fingerprint density at radius 3 is 2.72 bits per heavy atom. The number of aromatic nitrogens is 4. The van der Waals surface area contributed by atoms with Crippen molar-refractivity contribution >= 4 is 16.8 Å². The number of Topliss-reactive ketones (excluding diaryl/α,β-unsaturated/α-hetero) is 1. The molecule has 1 aliphatic heterocycles. The molecule has 0 saturated carbocycles. The molecule has 2 unspecified atom stereocenters. The van der Waals surface area contributed by atoms with Gasteiger partial charge in [-0.15, -0.1) is 0 Å². The number of rotatable bonds is 8. The van der Waals surface area contributed by atoms with E-state index >= 15 is 0 Å². The number of aromatic amines is 1. The van der Waals surface area contributed by atoms with E-state index in [4.69, 9.17) is 9.47 Å². The lowest BCUT2D eigenvalue weighted by Gasteiger charge is -2.29. The predicted molar refractivity (Wildman–Crippen MR) is 121 cm³/mol. The summed E-state index contributed by atoms with van der Waals surface area (Å²) in [5.41, 5.74) is 3.04. The minimum absolute atomic E-state index is 0.0295. The summed E-state index contributed by atoms with van der Waals surface area (Å²) in [7, 11) is 1.75. The quantitative estimate of drug-likeness (QED) is 0.518. The second kappa shape index (κ2) is 9.72. The van der Waals surface area contributed by atoms with Crippen LogP contribution >= 0.6 is 0 Å². The molecule has 1 aromatic carbocycles. The van der Waals surface area contributed by atoms with Gasteiger partial charge in [-0.25, -0.2) is 4.98 Å². The molecule has 1 saturated heterocycles. The number of ketones is 1. The van der Waals surface area contributed by atoms with E-state index in [2.05, 4.69) is 27.3 Å². The maximum Gasteiger partial charge on any atom is 0.277 e. The lowest BCUT2D eigenvalue weighted by molar-refractivity contribution is -0.159. The first-order valence-electron chi connectivity index (χ1n) is 11.1. The Hall–Kier alpha value is -2.88. The molecule has 170 valence electrons. The Labute approximate surface area is 186 Å². The van der Waals surface area contributed by atoms with E-state index in [-0.39, 0.29) is 23.7 Å². The Bertz CT molecular complexity index is 1140. The van der Waals surface area contributed by atoms with E-state index in [0.717, 1.165) is 24.1 Å². The summed E-state index contributed by atoms with van der Waals surface area (Å²) in [6, 6.07) is 7.11. The number of carbonyl (C=O) groups is 1. The molecule has 0 amide bonds. The summed E-state index contributed by atoms with van der Waals surface area (Å²) < 4.78 is 12.6. The average Bonchev–Trinajstić information content (AvgIpc) is 3.11. The van der Waals surface area contributed by atoms with Gasteiger partial charge in [0.1, 0.15) is 11.3 Å². The van der Waals surface area contributed by atoms with Gasteiger partial charge in [0.2, 0.25) is 0 Å². The van der Waals surface area contributed by atoms with Gasteiger partial charge in [-0.2, -0.15) is 5.10 Å². The van der Waals surface area contributed by atoms with Crippen LogP contribution in [-0.2, 0) is 22.9 Å². The molecular formula is C23H29N5O4. The van der Waals surface area contributed by atoms with Crippen molar-refractivity contribution in [3.63, 3.8) is 0 Å². The highest BCUT2D eigenvalue weighted by molar-refractivity contribution is 5.96. The molecule has 9 nitrogen and oxygen atoms in total. The van der Waals surface area contributed by atoms with E-state index in [9.17, 15) is 9.59 Å². The number of nitrogens with one attached hydrogen (secondary N) is 2. The molecular weight excluding hydrogens is 410 g/mol. The van der Waals surface area contributed by atoms with Crippen LogP contribution in [0.25, 0.3) is 22.4 Å². The number of H-pyrrole nitrogens is 1. The van der Waals surface area contributed by atoms with Crippen LogP contribution in [0.5, 0.6) is 0 Å². The molecule has 2 N–H and O–H groups in total. The molecule has 2 atom stereocenters. The summed E-state index contributed by atoms with van der Waals surface area (Å²) in [4.78, 5) is 32.9. The van der Waals surface area contributed by atoms with E-state index < -0.39 is 0 Å². The second-order valence-corrected chi connectivity index (χ2v) is 7.96. The summed E-state index contributed by atoms with van der Waals surface area (Å²) in [6.45, 7) is 5.59. The SMILES string of the molecule is CCCc1nn(C)c2c(=O)[nH]c(-c3ccc(C(=O)CC4COC(OCC)CN4)cc3)nc12. The first-order valence-corrected chi connectivity index (χ1v) is 11.1. The van der Waals surface area contributed by atoms with Crippen molar-refractivity contribution in [3.8, 4) is 11.4 Å². The Balaban J connectivity index is 1.49. The highest BCUT2D eigenvalue weighted by Gasteiger charge is 2.23. The summed E-state index contributed by atoms with van der Waals surface area (Å²) in [6.07, 6.45) is 1.76. The van der Waals surface area contributed by atoms with Crippen molar-refractivity contribution in [3.05, 3.63) is 45.9 Å². The topological polar surface area (TPSA) is 111 Å². The lowest BCUT2D eigenvalue weighted by atomic mass is 10.0. The molecule has 0 radical (unpaired) electrons. The fourth-order valence-corrected chi connectivity index (χ4v) is 3.97. The average molecular weight is 440 g/mol. The zero-order valence-corrected chi connectivity index (χ0v) is 18.7. The number of aryl methyl sites for hydroxylation is 2. The smallest absolute Gasteiger partial charge is 0.277 e. The first-order chi connectivity index (χ1) is 15.5. The van der Waals surface area contributed by atoms with Crippen molar-refractivity contribution in [1.29, 1.82) is 0 Å². The van der Waals surface area contributed by atoms with Crippen LogP contribution < -0.4 is 10.9 Å². The molecule has 3 aromatic rings. The zero-order chi connectivity index (χ0) is 22.7. The van der Waals surface area contributed by atoms with Gasteiger partial charge in [0, 0.05) is 43.8 Å². The number of benzene rings is 1. The third kappa shape index (κ3) is 4.64. The Morgan fingerprint density at radius 1 is 1.28 bits per heavy atom. The zero-order valence-electron chi connectivity index (χ0n) is 18.7. The van der Waals surface area contributed by atoms with E-state index in [0.29, 0.717) is 48.6 Å². The maximum absolute atomic E-state index is 12.7. The van der Waals surface area contributed by atoms with Crippen LogP contribution in [0.3, 0.4) is 0 Å². The van der Waals surface area contributed by atoms with Crippen LogP contribution in [0.2, 0.25) is 0 Å². The Morgan fingerprint density at radius 2 is 2.06 bits per heavy atom. The highest BCUT2D eigenvalue weighted by atomic mass is 16.7. The summed E-state index contributed by atoms with van der Waals surface area (Å²) >= 11 is 0. The fourth-order valence-electron chi connectivity index (χ4n) is 3.97. The number of hydrogen-bond acceptors (Lipinski definition) is 7. The largest absolute Gasteiger partial charge is 0.352 e. The Kier molecular flexibility index (Phi) is 6.78. The first kappa shape index (κ1) is 22.3. The van der Waals surface area contributed by atoms with Gasteiger partial charge in [0.15, 0.2) is 17.6 Å². The fraction of sp³-hybridized carbons (Fsp3) is 0.478. The summed E-state index contributed by atoms with van der Waals surface area (Å²) in [5.74, 6) is 0.498. The van der Waals surface area contributed by atoms with Gasteiger partial charge in [0.25, 0.3) is 5.56 Å². The van der Waals surface area contributed by atoms with Crippen molar-refractivity contribution in [2.45, 2.75) is 45.4 Å². The highest BCUT2D eigenvalue weighted by Crippen LogP contribution is 2.20. The van der Waals surface area contributed by atoms with Crippen molar-refractivity contribution in [1.82, 2.24) is 25.1 Å². The standard InChI is InChI=1S/C23H29N5O4/c1-4-6-17-20-21(28(3)27-17)23(30)26-22(25-20)15-9-7-14(8-10-15)18(29)11-16-13-32-19(12-24-16)31-5-2/h7-10,16,19,24H,4-6,11-13H2,1-3H3,(H,25,26,30). The third-order valence-electron chi connectivity index (χ3n) is 5.57. The van der Waals surface area contributed by atoms with Crippen LogP contribution in [0.1, 0.15) is 42.7 Å². The third-order valence-corrected chi connectivity index (χ3v) is 5.57. The monoisotopic (exact) mass is 439 g/mol. The minimum Gasteiger partial charge on any atom is -0.352 e. The molecule has 9 heteroatoms. The number of nitrogens with zero attached hydrogens (tertiary/aromatic N) is 3. The number of morpholine rings is 1. The molecule has 0 aliphatic carbocycles. The van der Waals surface area contributed by atoms with E-state index in [1.54, 1.807) is 23.9 Å². The number of hydrogen-bond donors (Lipinski definition) is 2. The predicted octanol–water partition coefficient (Wildman–Crippen LogP) is 2.20. The van der Waals surface area contributed by atoms with Crippen LogP contribution in [0, 0.1) is 0 Å². The molecule has 4 rings (SSSR count). The van der Waals surface area contributed by atoms with E-state index in [1.165, 1.54) is 0 Å². The lowest BCUT2D eigenvalue weighted by Crippen LogP contribution is -2.48. The number of fused-ring (bicyclic) bond motifs is 1. The van der Waals surface area contributed by atoms with Crippen molar-refractivity contribution in [2.24, 2.45) is 7.05 Å². The molecule has 1 fully saturated rings. The number of carbonyl (C=O) groups excluding carboxylic acids is 1. The minimum atomic E-state index is -0.254. The molecule has 1 aliphatic rings. The van der Waals surface area contributed by atoms with Crippen LogP contribution in [-0.4, -0.2) is 57.6 Å². The van der Waals surface area contributed by atoms with Gasteiger partial charge in [-0.3, -0.25) is 14.3 Å².